The van der Waals surface area contributed by atoms with Crippen LogP contribution in [0, 0.1) is 5.92 Å². The molecule has 3 nitrogen and oxygen atoms in total. The first-order chi connectivity index (χ1) is 14.1. The van der Waals surface area contributed by atoms with E-state index in [2.05, 4.69) is 85.2 Å². The van der Waals surface area contributed by atoms with Crippen molar-refractivity contribution in [3.63, 3.8) is 0 Å². The van der Waals surface area contributed by atoms with E-state index in [0.29, 0.717) is 5.92 Å². The summed E-state index contributed by atoms with van der Waals surface area (Å²) in [5.41, 5.74) is 11.0. The highest BCUT2D eigenvalue weighted by Gasteiger charge is 2.18. The number of nitrogens with one attached hydrogen (secondary N) is 1. The van der Waals surface area contributed by atoms with E-state index in [0.717, 1.165) is 34.9 Å². The second kappa shape index (κ2) is 10.6. The first-order valence-corrected chi connectivity index (χ1v) is 10.2. The molecule has 0 saturated heterocycles. The minimum atomic E-state index is 0. The summed E-state index contributed by atoms with van der Waals surface area (Å²) in [5, 5.41) is 12.5. The molecule has 4 aromatic rings. The molecule has 0 spiro atoms. The Hall–Kier alpha value is -2.59. The van der Waals surface area contributed by atoms with E-state index in [1.807, 2.05) is 12.3 Å². The fourth-order valence-electron chi connectivity index (χ4n) is 3.93. The number of hydrogen-bond donors (Lipinski definition) is 2. The van der Waals surface area contributed by atoms with Crippen LogP contribution in [-0.4, -0.2) is 5.11 Å². The highest BCUT2D eigenvalue weighted by Crippen LogP contribution is 2.38. The van der Waals surface area contributed by atoms with Crippen molar-refractivity contribution < 1.29 is 40.6 Å². The molecule has 1 aromatic heterocycles. The number of hydrogen-bond acceptors (Lipinski definition) is 1. The van der Waals surface area contributed by atoms with E-state index < -0.39 is 0 Å². The van der Waals surface area contributed by atoms with Gasteiger partial charge < -0.3 is 35.7 Å². The van der Waals surface area contributed by atoms with Gasteiger partial charge >= 0.3 is 5.88 Å². The van der Waals surface area contributed by atoms with Crippen molar-refractivity contribution in [2.24, 2.45) is 5.92 Å². The normalized spacial score (nSPS) is 10.6. The minimum Gasteiger partial charge on any atom is -1.00 e. The Morgan fingerprint density at radius 2 is 1.42 bits per heavy atom. The molecule has 0 unspecified atom stereocenters. The van der Waals surface area contributed by atoms with E-state index in [9.17, 15) is 5.11 Å². The van der Waals surface area contributed by atoms with E-state index >= 15 is 0 Å². The van der Waals surface area contributed by atoms with Crippen LogP contribution >= 0.6 is 0 Å². The maximum absolute atomic E-state index is 10.6. The Balaban J connectivity index is 0.00000171. The number of rotatable bonds is 5. The summed E-state index contributed by atoms with van der Waals surface area (Å²) in [5.74, 6) is 0.744. The van der Waals surface area contributed by atoms with Crippen molar-refractivity contribution in [2.45, 2.75) is 26.8 Å². The lowest BCUT2D eigenvalue weighted by atomic mass is 9.89. The van der Waals surface area contributed by atoms with Crippen LogP contribution in [0.2, 0.25) is 0 Å². The number of aromatic amines is 1. The number of aromatic nitrogens is 1. The highest BCUT2D eigenvalue weighted by molar-refractivity contribution is 5.99. The van der Waals surface area contributed by atoms with Gasteiger partial charge in [0.05, 0.1) is 11.9 Å². The molecule has 31 heavy (non-hydrogen) atoms. The Bertz CT molecular complexity index is 1140. The Kier molecular flexibility index (Phi) is 8.46. The lowest BCUT2D eigenvalue weighted by Gasteiger charge is -2.14. The maximum Gasteiger partial charge on any atom is 0.371 e. The quantitative estimate of drug-likeness (QED) is 0.384. The fourth-order valence-corrected chi connectivity index (χ4v) is 3.93. The average molecular weight is 455 g/mol. The average Bonchev–Trinajstić information content (AvgIpc) is 2.75. The van der Waals surface area contributed by atoms with Crippen LogP contribution < -0.4 is 35.5 Å². The summed E-state index contributed by atoms with van der Waals surface area (Å²) in [7, 11) is 0. The number of aromatic hydroxyl groups is 1. The van der Waals surface area contributed by atoms with Gasteiger partial charge in [0, 0.05) is 16.5 Å². The largest absolute Gasteiger partial charge is 1.00 e. The van der Waals surface area contributed by atoms with Gasteiger partial charge in [-0.2, -0.15) is 4.98 Å². The zero-order chi connectivity index (χ0) is 20.4. The van der Waals surface area contributed by atoms with Gasteiger partial charge in [0.1, 0.15) is 0 Å². The third-order valence-corrected chi connectivity index (χ3v) is 5.41. The summed E-state index contributed by atoms with van der Waals surface area (Å²) in [4.78, 5) is 3.05. The summed E-state index contributed by atoms with van der Waals surface area (Å²) >= 11 is 0. The molecule has 0 aliphatic carbocycles. The Morgan fingerprint density at radius 3 is 2.00 bits per heavy atom. The Labute approximate surface area is 196 Å². The van der Waals surface area contributed by atoms with Gasteiger partial charge in [0.25, 0.3) is 0 Å². The number of halogens is 2. The zero-order valence-electron chi connectivity index (χ0n) is 17.8. The third kappa shape index (κ3) is 5.19. The molecular weight excluding hydrogens is 427 g/mol. The molecule has 1 heterocycles. The Morgan fingerprint density at radius 1 is 0.839 bits per heavy atom. The number of pyridine rings is 1. The molecule has 0 fully saturated rings. The standard InChI is InChI=1S/C26H26N2O.2ClH/c1-17(2)12-21-16-28-26(29)25-14-23(19-6-4-3-5-7-19)22(13-24(21)25)20-10-8-18(15-27)9-11-20;;/h3-11,13-14,16-17H,12,15,27H2,1-2H3,(H,28,29);2*1H. The van der Waals surface area contributed by atoms with Crippen LogP contribution in [0.15, 0.2) is 72.9 Å². The molecule has 0 saturated carbocycles. The molecular formula is C26H28Cl2N2O. The molecule has 5 N–H and O–H groups in total. The predicted molar refractivity (Wildman–Crippen MR) is 118 cm³/mol. The minimum absolute atomic E-state index is 0. The highest BCUT2D eigenvalue weighted by atomic mass is 35.5. The van der Waals surface area contributed by atoms with Crippen molar-refractivity contribution >= 4 is 10.8 Å². The van der Waals surface area contributed by atoms with Gasteiger partial charge in [0.2, 0.25) is 0 Å². The molecule has 0 atom stereocenters. The van der Waals surface area contributed by atoms with Crippen LogP contribution in [0.25, 0.3) is 33.0 Å². The van der Waals surface area contributed by atoms with Crippen molar-refractivity contribution in [1.82, 2.24) is 0 Å². The second-order valence-electron chi connectivity index (χ2n) is 8.02. The second-order valence-corrected chi connectivity index (χ2v) is 8.02. The van der Waals surface area contributed by atoms with Crippen molar-refractivity contribution in [2.75, 3.05) is 0 Å². The molecule has 4 rings (SSSR count). The van der Waals surface area contributed by atoms with Crippen LogP contribution in [-0.2, 0) is 13.0 Å². The third-order valence-electron chi connectivity index (χ3n) is 5.41. The summed E-state index contributed by atoms with van der Waals surface area (Å²) in [6.07, 6.45) is 2.90. The molecule has 0 bridgehead atoms. The molecule has 162 valence electrons. The van der Waals surface area contributed by atoms with E-state index in [1.165, 1.54) is 22.3 Å². The maximum atomic E-state index is 10.6. The van der Waals surface area contributed by atoms with Crippen LogP contribution in [0.1, 0.15) is 25.0 Å². The van der Waals surface area contributed by atoms with E-state index in [1.54, 1.807) is 0 Å². The van der Waals surface area contributed by atoms with Crippen LogP contribution in [0.5, 0.6) is 5.88 Å². The molecule has 0 aliphatic rings. The van der Waals surface area contributed by atoms with Crippen molar-refractivity contribution in [1.29, 1.82) is 0 Å². The summed E-state index contributed by atoms with van der Waals surface area (Å²) in [6.45, 7) is 5.22. The zero-order valence-corrected chi connectivity index (χ0v) is 19.3. The van der Waals surface area contributed by atoms with Gasteiger partial charge in [-0.05, 0) is 46.7 Å². The fraction of sp³-hybridized carbons (Fsp3) is 0.192. The number of benzene rings is 3. The first-order valence-electron chi connectivity index (χ1n) is 10.2. The van der Waals surface area contributed by atoms with Gasteiger partial charge in [-0.1, -0.05) is 68.4 Å². The summed E-state index contributed by atoms with van der Waals surface area (Å²) in [6, 6.07) is 23.4. The van der Waals surface area contributed by atoms with E-state index in [4.69, 9.17) is 0 Å². The van der Waals surface area contributed by atoms with Gasteiger partial charge in [-0.15, -0.1) is 0 Å². The lowest BCUT2D eigenvalue weighted by Crippen LogP contribution is -3.00. The number of H-pyrrole nitrogens is 1. The first kappa shape index (κ1) is 24.7. The van der Waals surface area contributed by atoms with E-state index in [-0.39, 0.29) is 30.7 Å². The number of quaternary nitrogens is 1. The molecule has 5 heteroatoms. The van der Waals surface area contributed by atoms with Gasteiger partial charge in [-0.25, -0.2) is 0 Å². The van der Waals surface area contributed by atoms with Gasteiger partial charge in [0.15, 0.2) is 6.20 Å². The van der Waals surface area contributed by atoms with Crippen molar-refractivity contribution in [3.8, 4) is 28.1 Å². The van der Waals surface area contributed by atoms with Gasteiger partial charge in [-0.3, -0.25) is 0 Å². The predicted octanol–water partition coefficient (Wildman–Crippen LogP) is -1.36. The smallest absolute Gasteiger partial charge is 0.371 e. The lowest BCUT2D eigenvalue weighted by molar-refractivity contribution is -0.392. The molecule has 0 amide bonds. The SMILES string of the molecule is CC(C)Cc1c[nH+]c(O)c2cc(-c3ccccc3)c(-c3ccc(C[NH3+])cc3)cc12.[Cl-].[Cl-]. The van der Waals surface area contributed by atoms with Crippen LogP contribution in [0.4, 0.5) is 0 Å². The summed E-state index contributed by atoms with van der Waals surface area (Å²) < 4.78 is 0. The molecule has 0 radical (unpaired) electrons. The van der Waals surface area contributed by atoms with Crippen molar-refractivity contribution in [3.05, 3.63) is 84.1 Å². The monoisotopic (exact) mass is 454 g/mol. The van der Waals surface area contributed by atoms with Crippen LogP contribution in [0.3, 0.4) is 0 Å². The topological polar surface area (TPSA) is 62.0 Å². The number of fused-ring (bicyclic) bond motifs is 1. The molecule has 3 aromatic carbocycles. The molecule has 0 aliphatic heterocycles.